The molecule has 1 aromatic heterocycles. The number of benzene rings is 1. The van der Waals surface area contributed by atoms with Gasteiger partial charge in [-0.25, -0.2) is 0 Å². The van der Waals surface area contributed by atoms with Crippen molar-refractivity contribution < 1.29 is 0 Å². The number of aryl methyl sites for hydroxylation is 2. The van der Waals surface area contributed by atoms with Gasteiger partial charge in [0.15, 0.2) is 5.11 Å². The molecule has 1 aromatic carbocycles. The second kappa shape index (κ2) is 7.67. The van der Waals surface area contributed by atoms with E-state index in [0.29, 0.717) is 18.1 Å². The number of nitrogens with one attached hydrogen (secondary N) is 2. The van der Waals surface area contributed by atoms with Crippen molar-refractivity contribution in [3.05, 3.63) is 51.7 Å². The Bertz CT molecular complexity index is 737. The molecular formula is C21H27N3S2. The Morgan fingerprint density at radius 2 is 1.85 bits per heavy atom. The highest BCUT2D eigenvalue weighted by Crippen LogP contribution is 2.37. The van der Waals surface area contributed by atoms with Crippen LogP contribution in [0.1, 0.15) is 41.7 Å². The third kappa shape index (κ3) is 4.11. The van der Waals surface area contributed by atoms with E-state index in [1.54, 1.807) is 0 Å². The molecule has 2 N–H and O–H groups in total. The van der Waals surface area contributed by atoms with Crippen molar-refractivity contribution in [3.63, 3.8) is 0 Å². The fourth-order valence-electron chi connectivity index (χ4n) is 4.63. The first-order chi connectivity index (χ1) is 12.6. The first-order valence-corrected chi connectivity index (χ1v) is 10.8. The zero-order valence-corrected chi connectivity index (χ0v) is 17.1. The SMILES string of the molecule is Cc1cc(C)cc(NC(=S)NC2C[C@H]3CC[C@H](C2)N3Cc2cccs2)c1. The molecule has 2 fully saturated rings. The predicted octanol–water partition coefficient (Wildman–Crippen LogP) is 4.85. The summed E-state index contributed by atoms with van der Waals surface area (Å²) in [6, 6.07) is 12.8. The Hall–Kier alpha value is -1.43. The van der Waals surface area contributed by atoms with Crippen LogP contribution in [0.25, 0.3) is 0 Å². The monoisotopic (exact) mass is 385 g/mol. The molecule has 2 saturated heterocycles. The number of anilines is 1. The van der Waals surface area contributed by atoms with Crippen LogP contribution in [0.4, 0.5) is 5.69 Å². The van der Waals surface area contributed by atoms with Crippen molar-refractivity contribution >= 4 is 34.4 Å². The van der Waals surface area contributed by atoms with Gasteiger partial charge in [-0.3, -0.25) is 4.90 Å². The number of thiophene rings is 1. The molecule has 0 radical (unpaired) electrons. The molecular weight excluding hydrogens is 358 g/mol. The van der Waals surface area contributed by atoms with Crippen LogP contribution in [0, 0.1) is 13.8 Å². The van der Waals surface area contributed by atoms with Crippen LogP contribution in [-0.2, 0) is 6.54 Å². The number of nitrogens with zero attached hydrogens (tertiary/aromatic N) is 1. The number of rotatable bonds is 4. The van der Waals surface area contributed by atoms with Gasteiger partial charge in [0.2, 0.25) is 0 Å². The maximum atomic E-state index is 5.59. The van der Waals surface area contributed by atoms with Crippen LogP contribution in [0.5, 0.6) is 0 Å². The fraction of sp³-hybridized carbons (Fsp3) is 0.476. The Morgan fingerprint density at radius 3 is 2.46 bits per heavy atom. The van der Waals surface area contributed by atoms with E-state index >= 15 is 0 Å². The first-order valence-electron chi connectivity index (χ1n) is 9.51. The minimum Gasteiger partial charge on any atom is -0.360 e. The lowest BCUT2D eigenvalue weighted by Crippen LogP contribution is -2.50. The second-order valence-electron chi connectivity index (χ2n) is 7.78. The predicted molar refractivity (Wildman–Crippen MR) is 115 cm³/mol. The summed E-state index contributed by atoms with van der Waals surface area (Å²) in [4.78, 5) is 4.21. The van der Waals surface area contributed by atoms with Gasteiger partial charge in [0.1, 0.15) is 0 Å². The third-order valence-corrected chi connectivity index (χ3v) is 6.70. The van der Waals surface area contributed by atoms with E-state index < -0.39 is 0 Å². The van der Waals surface area contributed by atoms with Gasteiger partial charge in [-0.15, -0.1) is 11.3 Å². The number of fused-ring (bicyclic) bond motifs is 2. The minimum atomic E-state index is 0.484. The summed E-state index contributed by atoms with van der Waals surface area (Å²) < 4.78 is 0. The summed E-state index contributed by atoms with van der Waals surface area (Å²) in [5, 5.41) is 9.90. The highest BCUT2D eigenvalue weighted by Gasteiger charge is 2.40. The number of piperidine rings is 1. The standard InChI is InChI=1S/C21H27N3S2/c1-14-8-15(2)10-16(9-14)22-21(25)23-17-11-18-5-6-19(12-17)24(18)13-20-4-3-7-26-20/h3-4,7-10,17-19H,5-6,11-13H2,1-2H3,(H2,22,23,25)/t18-,19-/m1/s1. The van der Waals surface area contributed by atoms with E-state index in [1.165, 1.54) is 41.7 Å². The molecule has 3 nitrogen and oxygen atoms in total. The quantitative estimate of drug-likeness (QED) is 0.736. The molecule has 5 heteroatoms. The summed E-state index contributed by atoms with van der Waals surface area (Å²) in [5.74, 6) is 0. The van der Waals surface area contributed by atoms with E-state index in [2.05, 4.69) is 65.1 Å². The Balaban J connectivity index is 1.33. The molecule has 0 saturated carbocycles. The van der Waals surface area contributed by atoms with Crippen LogP contribution in [0.2, 0.25) is 0 Å². The number of thiocarbonyl (C=S) groups is 1. The Kier molecular flexibility index (Phi) is 5.30. The van der Waals surface area contributed by atoms with Gasteiger partial charge in [-0.2, -0.15) is 0 Å². The van der Waals surface area contributed by atoms with E-state index in [1.807, 2.05) is 11.3 Å². The maximum Gasteiger partial charge on any atom is 0.170 e. The summed E-state index contributed by atoms with van der Waals surface area (Å²) in [6.07, 6.45) is 5.03. The first kappa shape index (κ1) is 18.0. The molecule has 0 spiro atoms. The fourth-order valence-corrected chi connectivity index (χ4v) is 5.63. The zero-order valence-electron chi connectivity index (χ0n) is 15.5. The molecule has 0 unspecified atom stereocenters. The highest BCUT2D eigenvalue weighted by molar-refractivity contribution is 7.80. The number of hydrogen-bond donors (Lipinski definition) is 2. The maximum absolute atomic E-state index is 5.59. The smallest absolute Gasteiger partial charge is 0.170 e. The van der Waals surface area contributed by atoms with Crippen molar-refractivity contribution in [2.45, 2.75) is 64.2 Å². The van der Waals surface area contributed by atoms with E-state index in [9.17, 15) is 0 Å². The van der Waals surface area contributed by atoms with Crippen LogP contribution in [0.3, 0.4) is 0 Å². The van der Waals surface area contributed by atoms with Gasteiger partial charge in [0, 0.05) is 35.2 Å². The summed E-state index contributed by atoms with van der Waals surface area (Å²) in [7, 11) is 0. The van der Waals surface area contributed by atoms with E-state index in [0.717, 1.165) is 17.3 Å². The Labute approximate surface area is 165 Å². The van der Waals surface area contributed by atoms with Crippen molar-refractivity contribution in [2.24, 2.45) is 0 Å². The molecule has 0 amide bonds. The van der Waals surface area contributed by atoms with Gasteiger partial charge < -0.3 is 10.6 Å². The second-order valence-corrected chi connectivity index (χ2v) is 9.22. The van der Waals surface area contributed by atoms with Gasteiger partial charge >= 0.3 is 0 Å². The summed E-state index contributed by atoms with van der Waals surface area (Å²) >= 11 is 7.47. The van der Waals surface area contributed by atoms with Gasteiger partial charge in [0.05, 0.1) is 0 Å². The van der Waals surface area contributed by atoms with Gasteiger partial charge in [-0.05, 0) is 86.5 Å². The van der Waals surface area contributed by atoms with Crippen molar-refractivity contribution in [3.8, 4) is 0 Å². The van der Waals surface area contributed by atoms with Crippen molar-refractivity contribution in [1.82, 2.24) is 10.2 Å². The van der Waals surface area contributed by atoms with Crippen LogP contribution < -0.4 is 10.6 Å². The molecule has 138 valence electrons. The third-order valence-electron chi connectivity index (χ3n) is 5.62. The molecule has 3 heterocycles. The Morgan fingerprint density at radius 1 is 1.15 bits per heavy atom. The van der Waals surface area contributed by atoms with E-state index in [-0.39, 0.29) is 0 Å². The highest BCUT2D eigenvalue weighted by atomic mass is 32.1. The molecule has 4 rings (SSSR count). The van der Waals surface area contributed by atoms with Crippen molar-refractivity contribution in [1.29, 1.82) is 0 Å². The largest absolute Gasteiger partial charge is 0.360 e. The van der Waals surface area contributed by atoms with E-state index in [4.69, 9.17) is 12.2 Å². The topological polar surface area (TPSA) is 27.3 Å². The van der Waals surface area contributed by atoms with Crippen LogP contribution in [-0.4, -0.2) is 28.1 Å². The zero-order chi connectivity index (χ0) is 18.1. The van der Waals surface area contributed by atoms with Crippen LogP contribution in [0.15, 0.2) is 35.7 Å². The molecule has 2 aromatic rings. The molecule has 2 aliphatic rings. The lowest BCUT2D eigenvalue weighted by atomic mass is 9.97. The molecule has 26 heavy (non-hydrogen) atoms. The van der Waals surface area contributed by atoms with Crippen molar-refractivity contribution in [2.75, 3.05) is 5.32 Å². The molecule has 2 atom stereocenters. The summed E-state index contributed by atoms with van der Waals surface area (Å²) in [5.41, 5.74) is 3.60. The lowest BCUT2D eigenvalue weighted by molar-refractivity contribution is 0.116. The average molecular weight is 386 g/mol. The number of hydrogen-bond acceptors (Lipinski definition) is 3. The minimum absolute atomic E-state index is 0.484. The van der Waals surface area contributed by atoms with Gasteiger partial charge in [-0.1, -0.05) is 12.1 Å². The molecule has 2 aliphatic heterocycles. The average Bonchev–Trinajstić information content (AvgIpc) is 3.14. The molecule has 0 aliphatic carbocycles. The molecule has 2 bridgehead atoms. The van der Waals surface area contributed by atoms with Crippen LogP contribution >= 0.6 is 23.6 Å². The van der Waals surface area contributed by atoms with Gasteiger partial charge in [0.25, 0.3) is 0 Å². The lowest BCUT2D eigenvalue weighted by Gasteiger charge is -2.39. The normalized spacial score (nSPS) is 25.2. The summed E-state index contributed by atoms with van der Waals surface area (Å²) in [6.45, 7) is 5.36.